The van der Waals surface area contributed by atoms with E-state index in [1.54, 1.807) is 0 Å². The molecule has 1 aliphatic rings. The highest BCUT2D eigenvalue weighted by Crippen LogP contribution is 2.32. The van der Waals surface area contributed by atoms with Gasteiger partial charge in [0.1, 0.15) is 0 Å². The van der Waals surface area contributed by atoms with Crippen molar-refractivity contribution in [3.05, 3.63) is 0 Å². The third-order valence-electron chi connectivity index (χ3n) is 1.07. The number of esters is 1. The molecule has 0 bridgehead atoms. The molecule has 2 nitrogen and oxygen atoms in total. The van der Waals surface area contributed by atoms with Crippen molar-refractivity contribution in [2.75, 3.05) is 0 Å². The van der Waals surface area contributed by atoms with Crippen molar-refractivity contribution >= 4 is 5.97 Å². The van der Waals surface area contributed by atoms with E-state index in [0.29, 0.717) is 0 Å². The summed E-state index contributed by atoms with van der Waals surface area (Å²) < 4.78 is 27.7. The zero-order valence-corrected chi connectivity index (χ0v) is 4.15. The van der Waals surface area contributed by atoms with Gasteiger partial charge in [-0.2, -0.15) is 8.78 Å². The second-order valence-electron chi connectivity index (χ2n) is 1.67. The molecule has 46 valence electrons. The largest absolute Gasteiger partial charge is 0.451 e. The molecule has 0 aliphatic carbocycles. The molecule has 1 aliphatic heterocycles. The quantitative estimate of drug-likeness (QED) is 0.439. The lowest BCUT2D eigenvalue weighted by atomic mass is 10.1. The molecule has 1 saturated heterocycles. The van der Waals surface area contributed by atoms with Crippen molar-refractivity contribution in [3.8, 4) is 0 Å². The van der Waals surface area contributed by atoms with E-state index in [4.69, 9.17) is 0 Å². The zero-order chi connectivity index (χ0) is 6.36. The van der Waals surface area contributed by atoms with Crippen LogP contribution in [0.2, 0.25) is 0 Å². The fourth-order valence-corrected chi connectivity index (χ4v) is 0.421. The van der Waals surface area contributed by atoms with E-state index in [0.717, 1.165) is 6.92 Å². The number of hydrogen-bond acceptors (Lipinski definition) is 2. The van der Waals surface area contributed by atoms with Gasteiger partial charge >= 0.3 is 11.9 Å². The third-order valence-corrected chi connectivity index (χ3v) is 1.07. The number of carbonyl (C=O) groups excluding carboxylic acids is 1. The second kappa shape index (κ2) is 1.18. The summed E-state index contributed by atoms with van der Waals surface area (Å²) in [5.74, 6) is -4.63. The van der Waals surface area contributed by atoms with E-state index in [1.165, 1.54) is 0 Å². The highest BCUT2D eigenvalue weighted by atomic mass is 19.3. The maximum atomic E-state index is 11.9. The SMILES string of the molecule is CC1OC(=O)C1(F)F. The van der Waals surface area contributed by atoms with Gasteiger partial charge in [0.05, 0.1) is 0 Å². The Bertz CT molecular complexity index is 132. The van der Waals surface area contributed by atoms with Gasteiger partial charge in [-0.1, -0.05) is 0 Å². The normalized spacial score (nSPS) is 33.4. The fourth-order valence-electron chi connectivity index (χ4n) is 0.421. The Balaban J connectivity index is 2.66. The lowest BCUT2D eigenvalue weighted by Gasteiger charge is -2.31. The molecule has 0 saturated carbocycles. The number of rotatable bonds is 0. The van der Waals surface area contributed by atoms with Crippen molar-refractivity contribution in [3.63, 3.8) is 0 Å². The van der Waals surface area contributed by atoms with Crippen LogP contribution in [0, 0.1) is 0 Å². The summed E-state index contributed by atoms with van der Waals surface area (Å²) in [5, 5.41) is 0. The molecule has 0 radical (unpaired) electrons. The highest BCUT2D eigenvalue weighted by molar-refractivity contribution is 5.83. The first-order chi connectivity index (χ1) is 3.55. The Morgan fingerprint density at radius 1 is 1.75 bits per heavy atom. The standard InChI is InChI=1S/C4H4F2O2/c1-2-4(5,6)3(7)8-2/h2H,1H3. The maximum Gasteiger partial charge on any atom is 0.381 e. The van der Waals surface area contributed by atoms with Gasteiger partial charge in [0.25, 0.3) is 0 Å². The third kappa shape index (κ3) is 0.425. The van der Waals surface area contributed by atoms with E-state index >= 15 is 0 Å². The zero-order valence-electron chi connectivity index (χ0n) is 4.15. The molecule has 1 atom stereocenters. The molecule has 0 aromatic heterocycles. The predicted molar refractivity (Wildman–Crippen MR) is 20.5 cm³/mol. The van der Waals surface area contributed by atoms with Crippen LogP contribution in [0.5, 0.6) is 0 Å². The molecule has 4 heteroatoms. The first-order valence-electron chi connectivity index (χ1n) is 2.14. The molecule has 8 heavy (non-hydrogen) atoms. The topological polar surface area (TPSA) is 26.3 Å². The van der Waals surface area contributed by atoms with Crippen LogP contribution in [0.15, 0.2) is 0 Å². The van der Waals surface area contributed by atoms with Crippen molar-refractivity contribution in [1.29, 1.82) is 0 Å². The Morgan fingerprint density at radius 3 is 2.25 bits per heavy atom. The molecule has 0 aromatic rings. The maximum absolute atomic E-state index is 11.9. The molecule has 1 unspecified atom stereocenters. The van der Waals surface area contributed by atoms with E-state index in [9.17, 15) is 13.6 Å². The number of halogens is 2. The molecule has 1 fully saturated rings. The van der Waals surface area contributed by atoms with Crippen LogP contribution in [0.1, 0.15) is 6.92 Å². The van der Waals surface area contributed by atoms with Crippen molar-refractivity contribution in [1.82, 2.24) is 0 Å². The number of cyclic esters (lactones) is 1. The average molecular weight is 122 g/mol. The Hall–Kier alpha value is -0.670. The first-order valence-corrected chi connectivity index (χ1v) is 2.14. The summed E-state index contributed by atoms with van der Waals surface area (Å²) >= 11 is 0. The van der Waals surface area contributed by atoms with Crippen molar-refractivity contribution in [2.45, 2.75) is 19.0 Å². The van der Waals surface area contributed by atoms with Crippen molar-refractivity contribution < 1.29 is 18.3 Å². The molecular weight excluding hydrogens is 118 g/mol. The summed E-state index contributed by atoms with van der Waals surface area (Å²) in [4.78, 5) is 9.79. The monoisotopic (exact) mass is 122 g/mol. The highest BCUT2D eigenvalue weighted by Gasteiger charge is 2.58. The molecule has 0 spiro atoms. The molecule has 0 N–H and O–H groups in total. The lowest BCUT2D eigenvalue weighted by molar-refractivity contribution is -0.239. The number of carbonyl (C=O) groups is 1. The van der Waals surface area contributed by atoms with Crippen LogP contribution in [-0.4, -0.2) is 18.0 Å². The van der Waals surface area contributed by atoms with Gasteiger partial charge in [0, 0.05) is 0 Å². The van der Waals surface area contributed by atoms with Crippen LogP contribution >= 0.6 is 0 Å². The van der Waals surface area contributed by atoms with Crippen molar-refractivity contribution in [2.24, 2.45) is 0 Å². The van der Waals surface area contributed by atoms with Gasteiger partial charge in [-0.15, -0.1) is 0 Å². The van der Waals surface area contributed by atoms with Gasteiger partial charge in [0.15, 0.2) is 6.10 Å². The minimum Gasteiger partial charge on any atom is -0.451 e. The van der Waals surface area contributed by atoms with E-state index < -0.39 is 18.0 Å². The minimum atomic E-state index is -3.22. The van der Waals surface area contributed by atoms with Gasteiger partial charge in [-0.05, 0) is 6.92 Å². The smallest absolute Gasteiger partial charge is 0.381 e. The Labute approximate surface area is 44.4 Å². The summed E-state index contributed by atoms with van der Waals surface area (Å²) in [5.41, 5.74) is 0. The van der Waals surface area contributed by atoms with Gasteiger partial charge < -0.3 is 4.74 Å². The first kappa shape index (κ1) is 5.47. The Morgan fingerprint density at radius 2 is 2.25 bits per heavy atom. The van der Waals surface area contributed by atoms with Gasteiger partial charge in [-0.3, -0.25) is 0 Å². The van der Waals surface area contributed by atoms with Crippen LogP contribution in [0.3, 0.4) is 0 Å². The molecule has 0 aromatic carbocycles. The van der Waals surface area contributed by atoms with Crippen LogP contribution < -0.4 is 0 Å². The van der Waals surface area contributed by atoms with E-state index in [1.807, 2.05) is 0 Å². The lowest BCUT2D eigenvalue weighted by Crippen LogP contribution is -2.54. The average Bonchev–Trinajstić information content (AvgIpc) is 1.68. The number of alkyl halides is 2. The number of ether oxygens (including phenoxy) is 1. The fraction of sp³-hybridized carbons (Fsp3) is 0.750. The van der Waals surface area contributed by atoms with E-state index in [2.05, 4.69) is 4.74 Å². The van der Waals surface area contributed by atoms with Crippen LogP contribution in [0.25, 0.3) is 0 Å². The predicted octanol–water partition coefficient (Wildman–Crippen LogP) is 0.567. The summed E-state index contributed by atoms with van der Waals surface area (Å²) in [6, 6.07) is 0. The van der Waals surface area contributed by atoms with Crippen LogP contribution in [-0.2, 0) is 9.53 Å². The van der Waals surface area contributed by atoms with Crippen LogP contribution in [0.4, 0.5) is 8.78 Å². The molecular formula is C4H4F2O2. The Kier molecular flexibility index (Phi) is 0.808. The van der Waals surface area contributed by atoms with E-state index in [-0.39, 0.29) is 0 Å². The minimum absolute atomic E-state index is 1.15. The summed E-state index contributed by atoms with van der Waals surface area (Å²) in [6.07, 6.45) is -1.23. The molecule has 0 amide bonds. The second-order valence-corrected chi connectivity index (χ2v) is 1.67. The molecule has 1 rings (SSSR count). The van der Waals surface area contributed by atoms with Gasteiger partial charge in [0.2, 0.25) is 0 Å². The summed E-state index contributed by atoms with van der Waals surface area (Å²) in [6.45, 7) is 1.15. The van der Waals surface area contributed by atoms with Gasteiger partial charge in [-0.25, -0.2) is 4.79 Å². The molecule has 1 heterocycles. The summed E-state index contributed by atoms with van der Waals surface area (Å²) in [7, 11) is 0. The number of hydrogen-bond donors (Lipinski definition) is 0.